The van der Waals surface area contributed by atoms with Crippen LogP contribution in [0, 0.1) is 17.0 Å². The standard InChI is InChI=1S/C10H8N4O4/c1-6-11-9(10(15)16)12-13(6)7-4-2-3-5-8(7)14(17)18/h2-5H,1H3,(H,15,16). The number of carboxylic acid groups (broad SMARTS) is 1. The highest BCUT2D eigenvalue weighted by Crippen LogP contribution is 2.22. The van der Waals surface area contributed by atoms with Gasteiger partial charge < -0.3 is 5.11 Å². The summed E-state index contributed by atoms with van der Waals surface area (Å²) in [5.41, 5.74) is 0.0161. The predicted molar refractivity (Wildman–Crippen MR) is 59.7 cm³/mol. The van der Waals surface area contributed by atoms with Crippen molar-refractivity contribution in [1.29, 1.82) is 0 Å². The summed E-state index contributed by atoms with van der Waals surface area (Å²) in [5.74, 6) is -1.41. The Morgan fingerprint density at radius 1 is 1.44 bits per heavy atom. The van der Waals surface area contributed by atoms with Crippen molar-refractivity contribution in [3.05, 3.63) is 46.0 Å². The molecule has 0 unspecified atom stereocenters. The Morgan fingerprint density at radius 2 is 2.11 bits per heavy atom. The minimum atomic E-state index is -1.28. The molecule has 0 amide bonds. The molecule has 0 aliphatic carbocycles. The lowest BCUT2D eigenvalue weighted by atomic mass is 10.3. The van der Waals surface area contributed by atoms with Crippen LogP contribution in [-0.4, -0.2) is 30.8 Å². The van der Waals surface area contributed by atoms with Gasteiger partial charge in [-0.3, -0.25) is 10.1 Å². The summed E-state index contributed by atoms with van der Waals surface area (Å²) in [4.78, 5) is 24.8. The molecule has 0 spiro atoms. The third-order valence-corrected chi connectivity index (χ3v) is 2.27. The smallest absolute Gasteiger partial charge is 0.375 e. The Labute approximate surface area is 101 Å². The van der Waals surface area contributed by atoms with Crippen LogP contribution in [-0.2, 0) is 0 Å². The van der Waals surface area contributed by atoms with Gasteiger partial charge in [0, 0.05) is 6.07 Å². The molecule has 2 aromatic rings. The Balaban J connectivity index is 2.62. The Kier molecular flexibility index (Phi) is 2.76. The Hall–Kier alpha value is -2.77. The molecule has 1 N–H and O–H groups in total. The first kappa shape index (κ1) is 11.7. The highest BCUT2D eigenvalue weighted by Gasteiger charge is 2.20. The van der Waals surface area contributed by atoms with Crippen LogP contribution in [0.15, 0.2) is 24.3 Å². The molecule has 0 aliphatic rings. The molecule has 0 saturated carbocycles. The molecule has 0 atom stereocenters. The lowest BCUT2D eigenvalue weighted by Gasteiger charge is -2.03. The molecule has 92 valence electrons. The number of aromatic nitrogens is 3. The van der Waals surface area contributed by atoms with Crippen molar-refractivity contribution in [2.45, 2.75) is 6.92 Å². The van der Waals surface area contributed by atoms with E-state index < -0.39 is 16.7 Å². The van der Waals surface area contributed by atoms with E-state index in [9.17, 15) is 14.9 Å². The van der Waals surface area contributed by atoms with Crippen molar-refractivity contribution < 1.29 is 14.8 Å². The maximum Gasteiger partial charge on any atom is 0.375 e. The Morgan fingerprint density at radius 3 is 2.67 bits per heavy atom. The molecule has 1 aromatic carbocycles. The maximum atomic E-state index is 10.9. The van der Waals surface area contributed by atoms with Crippen LogP contribution in [0.25, 0.3) is 5.69 Å². The third kappa shape index (κ3) is 1.90. The van der Waals surface area contributed by atoms with E-state index in [1.165, 1.54) is 25.1 Å². The average Bonchev–Trinajstić information content (AvgIpc) is 2.71. The van der Waals surface area contributed by atoms with Gasteiger partial charge in [0.05, 0.1) is 4.92 Å². The molecular formula is C10H8N4O4. The molecule has 0 bridgehead atoms. The molecule has 2 rings (SSSR count). The minimum absolute atomic E-state index is 0.164. The fourth-order valence-electron chi connectivity index (χ4n) is 1.51. The second kappa shape index (κ2) is 4.24. The maximum absolute atomic E-state index is 10.9. The zero-order valence-electron chi connectivity index (χ0n) is 9.27. The first-order valence-corrected chi connectivity index (χ1v) is 4.91. The van der Waals surface area contributed by atoms with E-state index in [-0.39, 0.29) is 17.2 Å². The first-order chi connectivity index (χ1) is 8.50. The lowest BCUT2D eigenvalue weighted by molar-refractivity contribution is -0.384. The summed E-state index contributed by atoms with van der Waals surface area (Å²) < 4.78 is 1.14. The largest absolute Gasteiger partial charge is 0.475 e. The van der Waals surface area contributed by atoms with Gasteiger partial charge in [0.25, 0.3) is 11.5 Å². The van der Waals surface area contributed by atoms with E-state index in [1.54, 1.807) is 6.07 Å². The molecule has 1 heterocycles. The monoisotopic (exact) mass is 248 g/mol. The van der Waals surface area contributed by atoms with Gasteiger partial charge in [-0.2, -0.15) is 0 Å². The van der Waals surface area contributed by atoms with Gasteiger partial charge in [-0.15, -0.1) is 5.10 Å². The molecule has 0 fully saturated rings. The van der Waals surface area contributed by atoms with Gasteiger partial charge in [0.15, 0.2) is 0 Å². The summed E-state index contributed by atoms with van der Waals surface area (Å²) in [7, 11) is 0. The molecule has 0 radical (unpaired) electrons. The van der Waals surface area contributed by atoms with E-state index in [0.717, 1.165) is 4.68 Å². The molecule has 1 aromatic heterocycles. The number of rotatable bonds is 3. The number of nitro groups is 1. The number of aromatic carboxylic acids is 1. The van der Waals surface area contributed by atoms with Crippen LogP contribution in [0.1, 0.15) is 16.4 Å². The van der Waals surface area contributed by atoms with E-state index in [0.29, 0.717) is 0 Å². The van der Waals surface area contributed by atoms with Gasteiger partial charge >= 0.3 is 5.97 Å². The number of hydrogen-bond donors (Lipinski definition) is 1. The summed E-state index contributed by atoms with van der Waals surface area (Å²) in [5, 5.41) is 23.4. The van der Waals surface area contributed by atoms with E-state index in [2.05, 4.69) is 10.1 Å². The highest BCUT2D eigenvalue weighted by atomic mass is 16.6. The van der Waals surface area contributed by atoms with Gasteiger partial charge in [0.1, 0.15) is 11.5 Å². The number of carbonyl (C=O) groups is 1. The number of aryl methyl sites for hydroxylation is 1. The Bertz CT molecular complexity index is 635. The molecule has 8 heteroatoms. The van der Waals surface area contributed by atoms with Crippen LogP contribution >= 0.6 is 0 Å². The van der Waals surface area contributed by atoms with Gasteiger partial charge in [-0.1, -0.05) is 12.1 Å². The number of nitrogens with zero attached hydrogens (tertiary/aromatic N) is 4. The number of benzene rings is 1. The second-order valence-electron chi connectivity index (χ2n) is 3.45. The van der Waals surface area contributed by atoms with Crippen molar-refractivity contribution in [3.63, 3.8) is 0 Å². The zero-order valence-corrected chi connectivity index (χ0v) is 9.27. The average molecular weight is 248 g/mol. The van der Waals surface area contributed by atoms with Crippen LogP contribution in [0.3, 0.4) is 0 Å². The SMILES string of the molecule is Cc1nc(C(=O)O)nn1-c1ccccc1[N+](=O)[O-]. The van der Waals surface area contributed by atoms with Crippen molar-refractivity contribution in [2.75, 3.05) is 0 Å². The molecular weight excluding hydrogens is 240 g/mol. The normalized spacial score (nSPS) is 10.3. The lowest BCUT2D eigenvalue weighted by Crippen LogP contribution is -2.05. The van der Waals surface area contributed by atoms with E-state index in [4.69, 9.17) is 5.11 Å². The van der Waals surface area contributed by atoms with Gasteiger partial charge in [0.2, 0.25) is 0 Å². The number of hydrogen-bond acceptors (Lipinski definition) is 5. The predicted octanol–water partition coefficient (Wildman–Crippen LogP) is 1.18. The quantitative estimate of drug-likeness (QED) is 0.644. The van der Waals surface area contributed by atoms with Crippen molar-refractivity contribution in [3.8, 4) is 5.69 Å². The number of nitro benzene ring substituents is 1. The summed E-state index contributed by atoms with van der Waals surface area (Å²) in [6.45, 7) is 1.52. The molecule has 0 aliphatic heterocycles. The topological polar surface area (TPSA) is 111 Å². The van der Waals surface area contributed by atoms with Crippen LogP contribution in [0.2, 0.25) is 0 Å². The number of para-hydroxylation sites is 2. The van der Waals surface area contributed by atoms with E-state index >= 15 is 0 Å². The third-order valence-electron chi connectivity index (χ3n) is 2.27. The van der Waals surface area contributed by atoms with Gasteiger partial charge in [-0.25, -0.2) is 14.5 Å². The fraction of sp³-hybridized carbons (Fsp3) is 0.100. The summed E-state index contributed by atoms with van der Waals surface area (Å²) in [6, 6.07) is 5.91. The van der Waals surface area contributed by atoms with E-state index in [1.807, 2.05) is 0 Å². The molecule has 8 nitrogen and oxygen atoms in total. The second-order valence-corrected chi connectivity index (χ2v) is 3.45. The first-order valence-electron chi connectivity index (χ1n) is 4.91. The summed E-state index contributed by atoms with van der Waals surface area (Å²) >= 11 is 0. The summed E-state index contributed by atoms with van der Waals surface area (Å²) in [6.07, 6.45) is 0. The number of carboxylic acids is 1. The van der Waals surface area contributed by atoms with Gasteiger partial charge in [-0.05, 0) is 13.0 Å². The van der Waals surface area contributed by atoms with Crippen LogP contribution < -0.4 is 0 Å². The fourth-order valence-corrected chi connectivity index (χ4v) is 1.51. The minimum Gasteiger partial charge on any atom is -0.475 e. The van der Waals surface area contributed by atoms with Crippen molar-refractivity contribution >= 4 is 11.7 Å². The molecule has 18 heavy (non-hydrogen) atoms. The van der Waals surface area contributed by atoms with Crippen LogP contribution in [0.4, 0.5) is 5.69 Å². The van der Waals surface area contributed by atoms with Crippen molar-refractivity contribution in [1.82, 2.24) is 14.8 Å². The highest BCUT2D eigenvalue weighted by molar-refractivity contribution is 5.83. The van der Waals surface area contributed by atoms with Crippen LogP contribution in [0.5, 0.6) is 0 Å². The molecule has 0 saturated heterocycles. The van der Waals surface area contributed by atoms with Crippen molar-refractivity contribution in [2.24, 2.45) is 0 Å². The zero-order chi connectivity index (χ0) is 13.3.